The Balaban J connectivity index is 0.875. The molecule has 8 nitrogen and oxygen atoms in total. The molecule has 0 radical (unpaired) electrons. The molecule has 0 unspecified atom stereocenters. The first-order valence-corrected chi connectivity index (χ1v) is 21.0. The first-order chi connectivity index (χ1) is 28.3. The summed E-state index contributed by atoms with van der Waals surface area (Å²) in [5, 5.41) is 16.4. The number of rotatable bonds is 17. The summed E-state index contributed by atoms with van der Waals surface area (Å²) in [5.74, 6) is 0. The zero-order valence-electron chi connectivity index (χ0n) is 35.2. The van der Waals surface area contributed by atoms with E-state index in [9.17, 15) is 0 Å². The predicted octanol–water partition coefficient (Wildman–Crippen LogP) is 10.5. The minimum absolute atomic E-state index is 0.821. The molecule has 6 aromatic rings. The summed E-state index contributed by atoms with van der Waals surface area (Å²) >= 11 is 0. The van der Waals surface area contributed by atoms with Crippen molar-refractivity contribution in [3.8, 4) is 5.69 Å². The maximum Gasteiger partial charge on any atom is 0.242 e. The topological polar surface area (TPSA) is 93.9 Å². The van der Waals surface area contributed by atoms with Gasteiger partial charge in [0.05, 0.1) is 0 Å². The van der Waals surface area contributed by atoms with E-state index in [0.717, 1.165) is 82.1 Å². The third-order valence-corrected chi connectivity index (χ3v) is 11.4. The molecule has 5 aromatic carbocycles. The molecule has 1 aromatic heterocycles. The van der Waals surface area contributed by atoms with Crippen LogP contribution in [0.15, 0.2) is 125 Å². The predicted molar refractivity (Wildman–Crippen MR) is 246 cm³/mol. The number of nitrogens with zero attached hydrogens (tertiary/aromatic N) is 3. The van der Waals surface area contributed by atoms with Crippen LogP contribution >= 0.6 is 0 Å². The molecule has 0 amide bonds. The SMILES string of the molecule is CNc1ccc(N=C2C=C(C)C(NCCCCCCCCNc3cc4c(cc3C)nc3ccc(NC)c(C)c3[n+]4-c3ccccc3)=CC2)c([NH2+]c2ccccc2)c1C. The van der Waals surface area contributed by atoms with Gasteiger partial charge in [-0.1, -0.05) is 68.2 Å². The fraction of sp³-hybridized carbons (Fsp3) is 0.300. The van der Waals surface area contributed by atoms with E-state index in [4.69, 9.17) is 9.98 Å². The minimum atomic E-state index is 0.821. The second-order valence-corrected chi connectivity index (χ2v) is 15.5. The Labute approximate surface area is 344 Å². The smallest absolute Gasteiger partial charge is 0.242 e. The van der Waals surface area contributed by atoms with Gasteiger partial charge < -0.3 is 21.3 Å². The fourth-order valence-corrected chi connectivity index (χ4v) is 8.15. The summed E-state index contributed by atoms with van der Waals surface area (Å²) in [7, 11) is 3.95. The lowest BCUT2D eigenvalue weighted by molar-refractivity contribution is -0.538. The van der Waals surface area contributed by atoms with Crippen LogP contribution in [0.25, 0.3) is 27.8 Å². The number of aryl methyl sites for hydroxylation is 2. The van der Waals surface area contributed by atoms with E-state index in [0.29, 0.717) is 0 Å². The van der Waals surface area contributed by atoms with Crippen molar-refractivity contribution in [2.75, 3.05) is 43.1 Å². The number of aliphatic imine (C=N–C) groups is 1. The van der Waals surface area contributed by atoms with E-state index in [1.807, 2.05) is 14.1 Å². The average Bonchev–Trinajstić information content (AvgIpc) is 3.24. The van der Waals surface area contributed by atoms with Crippen LogP contribution in [0.3, 0.4) is 0 Å². The molecule has 0 bridgehead atoms. The van der Waals surface area contributed by atoms with Crippen LogP contribution in [-0.2, 0) is 0 Å². The maximum absolute atomic E-state index is 5.15. The molecule has 7 rings (SSSR count). The number of para-hydroxylation sites is 2. The average molecular weight is 773 g/mol. The van der Waals surface area contributed by atoms with Crippen molar-refractivity contribution in [1.29, 1.82) is 0 Å². The van der Waals surface area contributed by atoms with Gasteiger partial charge in [0.25, 0.3) is 0 Å². The summed E-state index contributed by atoms with van der Waals surface area (Å²) < 4.78 is 2.37. The van der Waals surface area contributed by atoms with Crippen molar-refractivity contribution < 1.29 is 9.88 Å². The van der Waals surface area contributed by atoms with Gasteiger partial charge in [0.2, 0.25) is 16.7 Å². The lowest BCUT2D eigenvalue weighted by Gasteiger charge is -2.17. The van der Waals surface area contributed by atoms with Crippen molar-refractivity contribution in [1.82, 2.24) is 10.3 Å². The zero-order chi connectivity index (χ0) is 40.4. The Morgan fingerprint density at radius 2 is 1.33 bits per heavy atom. The van der Waals surface area contributed by atoms with E-state index in [2.05, 4.69) is 168 Å². The number of quaternary nitrogens is 1. The molecule has 0 saturated carbocycles. The van der Waals surface area contributed by atoms with Gasteiger partial charge in [-0.2, -0.15) is 0 Å². The molecule has 8 heteroatoms. The number of nitrogens with one attached hydrogen (secondary N) is 4. The van der Waals surface area contributed by atoms with Crippen molar-refractivity contribution in [2.45, 2.75) is 72.6 Å². The fourth-order valence-electron chi connectivity index (χ4n) is 8.15. The highest BCUT2D eigenvalue weighted by atomic mass is 15.0. The van der Waals surface area contributed by atoms with Crippen molar-refractivity contribution >= 4 is 61.9 Å². The summed E-state index contributed by atoms with van der Waals surface area (Å²) in [5.41, 5.74) is 19.3. The molecule has 298 valence electrons. The minimum Gasteiger partial charge on any atom is -0.388 e. The highest BCUT2D eigenvalue weighted by Crippen LogP contribution is 2.32. The highest BCUT2D eigenvalue weighted by Gasteiger charge is 2.24. The van der Waals surface area contributed by atoms with Gasteiger partial charge in [0.15, 0.2) is 5.69 Å². The van der Waals surface area contributed by atoms with Crippen LogP contribution in [-0.4, -0.2) is 37.9 Å². The first-order valence-electron chi connectivity index (χ1n) is 21.0. The number of aromatic nitrogens is 2. The van der Waals surface area contributed by atoms with Crippen LogP contribution in [0.2, 0.25) is 0 Å². The molecule has 0 spiro atoms. The second kappa shape index (κ2) is 19.0. The molecule has 6 N–H and O–H groups in total. The number of hydrogen-bond acceptors (Lipinski definition) is 6. The van der Waals surface area contributed by atoms with E-state index < -0.39 is 0 Å². The third kappa shape index (κ3) is 9.24. The van der Waals surface area contributed by atoms with E-state index in [1.165, 1.54) is 71.4 Å². The van der Waals surface area contributed by atoms with E-state index in [1.54, 1.807) is 0 Å². The van der Waals surface area contributed by atoms with Gasteiger partial charge in [-0.25, -0.2) is 9.98 Å². The van der Waals surface area contributed by atoms with Gasteiger partial charge in [-0.15, -0.1) is 4.57 Å². The van der Waals surface area contributed by atoms with Crippen molar-refractivity contribution in [3.05, 3.63) is 137 Å². The van der Waals surface area contributed by atoms with Gasteiger partial charge in [0, 0.05) is 91.4 Å². The van der Waals surface area contributed by atoms with Gasteiger partial charge in [-0.3, -0.25) is 5.32 Å². The second-order valence-electron chi connectivity index (χ2n) is 15.5. The number of nitrogens with two attached hydrogens (primary N) is 1. The van der Waals surface area contributed by atoms with E-state index in [-0.39, 0.29) is 0 Å². The standard InChI is InChI=1S/C50H58N8/c1-34-31-39(55-44-27-25-42(51-5)36(3)49(44)56-38-19-13-11-14-20-38)23-24-41(34)53-29-17-9-7-8-10-18-30-54-46-33-48-47(32-35(46)2)57-45-28-26-43(52-6)37(4)50(45)58(48)40-21-15-12-16-22-40/h11-16,19-22,24-28,31-33,51,53,56H,7-10,17-18,23,29-30H2,1-6H3,(H,52,54)/p+2. The third-order valence-electron chi connectivity index (χ3n) is 11.4. The zero-order valence-corrected chi connectivity index (χ0v) is 35.2. The molecule has 1 aliphatic rings. The highest BCUT2D eigenvalue weighted by molar-refractivity contribution is 6.00. The molecule has 0 saturated heterocycles. The molecule has 0 aliphatic heterocycles. The van der Waals surface area contributed by atoms with Gasteiger partial charge in [0.1, 0.15) is 22.4 Å². The number of hydrogen-bond donors (Lipinski definition) is 5. The number of fused-ring (bicyclic) bond motifs is 2. The summed E-state index contributed by atoms with van der Waals surface area (Å²) in [6.07, 6.45) is 12.7. The number of allylic oxidation sites excluding steroid dienone is 3. The maximum atomic E-state index is 5.15. The van der Waals surface area contributed by atoms with Gasteiger partial charge >= 0.3 is 0 Å². The van der Waals surface area contributed by atoms with Crippen molar-refractivity contribution in [3.63, 3.8) is 0 Å². The molecule has 1 aliphatic carbocycles. The van der Waals surface area contributed by atoms with Crippen LogP contribution in [0.1, 0.15) is 68.6 Å². The Morgan fingerprint density at radius 1 is 0.672 bits per heavy atom. The van der Waals surface area contributed by atoms with Crippen LogP contribution in [0.4, 0.5) is 34.1 Å². The number of unbranched alkanes of at least 4 members (excludes halogenated alkanes) is 5. The molecular formula is C50H60N8+2. The van der Waals surface area contributed by atoms with E-state index >= 15 is 0 Å². The summed E-state index contributed by atoms with van der Waals surface area (Å²) in [6, 6.07) is 34.2. The summed E-state index contributed by atoms with van der Waals surface area (Å²) in [4.78, 5) is 10.3. The molecule has 0 fully saturated rings. The summed E-state index contributed by atoms with van der Waals surface area (Å²) in [6.45, 7) is 10.7. The monoisotopic (exact) mass is 772 g/mol. The van der Waals surface area contributed by atoms with Crippen LogP contribution < -0.4 is 31.2 Å². The molecule has 1 heterocycles. The Hall–Kier alpha value is -5.99. The largest absolute Gasteiger partial charge is 0.388 e. The quantitative estimate of drug-likeness (QED) is 0.0276. The lowest BCUT2D eigenvalue weighted by atomic mass is 10.0. The Kier molecular flexibility index (Phi) is 13.2. The molecule has 0 atom stereocenters. The number of benzene rings is 5. The Bertz CT molecular complexity index is 2470. The molecular weight excluding hydrogens is 713 g/mol. The van der Waals surface area contributed by atoms with Crippen LogP contribution in [0, 0.1) is 20.8 Å². The van der Waals surface area contributed by atoms with Crippen molar-refractivity contribution in [2.24, 2.45) is 4.99 Å². The first kappa shape index (κ1) is 40.2. The normalized spacial score (nSPS) is 13.4. The lowest BCUT2D eigenvalue weighted by Crippen LogP contribution is -2.71. The van der Waals surface area contributed by atoms with Crippen LogP contribution in [0.5, 0.6) is 0 Å². The number of anilines is 3. The Morgan fingerprint density at radius 3 is 2.03 bits per heavy atom. The van der Waals surface area contributed by atoms with Gasteiger partial charge in [-0.05, 0) is 100 Å². The molecule has 58 heavy (non-hydrogen) atoms.